The maximum absolute atomic E-state index is 11.8. The van der Waals surface area contributed by atoms with Crippen LogP contribution in [0.25, 0.3) is 6.08 Å². The molecule has 0 N–H and O–H groups in total. The van der Waals surface area contributed by atoms with E-state index in [0.717, 1.165) is 44.2 Å². The molecule has 0 saturated carbocycles. The first-order chi connectivity index (χ1) is 10.7. The van der Waals surface area contributed by atoms with Gasteiger partial charge >= 0.3 is 5.97 Å². The second-order valence-corrected chi connectivity index (χ2v) is 5.27. The largest absolute Gasteiger partial charge is 0.497 e. The van der Waals surface area contributed by atoms with Gasteiger partial charge in [0.05, 0.1) is 20.3 Å². The zero-order valence-corrected chi connectivity index (χ0v) is 13.2. The first kappa shape index (κ1) is 16.5. The van der Waals surface area contributed by atoms with Crippen molar-refractivity contribution >= 4 is 12.0 Å². The lowest BCUT2D eigenvalue weighted by molar-refractivity contribution is -0.143. The van der Waals surface area contributed by atoms with Crippen molar-refractivity contribution in [3.63, 3.8) is 0 Å². The molecular formula is C17H23NO4. The van der Waals surface area contributed by atoms with Crippen molar-refractivity contribution in [2.45, 2.75) is 13.0 Å². The summed E-state index contributed by atoms with van der Waals surface area (Å²) in [5, 5.41) is 0. The summed E-state index contributed by atoms with van der Waals surface area (Å²) in [6.45, 7) is 5.93. The summed E-state index contributed by atoms with van der Waals surface area (Å²) in [6, 6.07) is 7.48. The van der Waals surface area contributed by atoms with Crippen LogP contribution in [0.2, 0.25) is 0 Å². The van der Waals surface area contributed by atoms with Crippen LogP contribution in [0.4, 0.5) is 0 Å². The maximum Gasteiger partial charge on any atom is 0.331 e. The smallest absolute Gasteiger partial charge is 0.331 e. The Hall–Kier alpha value is -1.85. The van der Waals surface area contributed by atoms with Gasteiger partial charge in [-0.15, -0.1) is 0 Å². The van der Waals surface area contributed by atoms with Crippen LogP contribution in [0.15, 0.2) is 30.3 Å². The summed E-state index contributed by atoms with van der Waals surface area (Å²) in [7, 11) is 1.62. The van der Waals surface area contributed by atoms with Crippen LogP contribution in [-0.4, -0.2) is 56.9 Å². The average Bonchev–Trinajstić information content (AvgIpc) is 2.54. The number of carbonyl (C=O) groups is 1. The van der Waals surface area contributed by atoms with Crippen LogP contribution in [0.5, 0.6) is 5.75 Å². The summed E-state index contributed by atoms with van der Waals surface area (Å²) in [6.07, 6.45) is 3.06. The molecule has 1 aliphatic rings. The van der Waals surface area contributed by atoms with E-state index < -0.39 is 0 Å². The Kier molecular flexibility index (Phi) is 6.43. The second kappa shape index (κ2) is 8.56. The molecule has 0 radical (unpaired) electrons. The lowest BCUT2D eigenvalue weighted by Gasteiger charge is -2.28. The van der Waals surface area contributed by atoms with Gasteiger partial charge in [0.1, 0.15) is 11.9 Å². The quantitative estimate of drug-likeness (QED) is 0.594. The first-order valence-corrected chi connectivity index (χ1v) is 7.50. The monoisotopic (exact) mass is 305 g/mol. The Morgan fingerprint density at radius 2 is 2.00 bits per heavy atom. The minimum absolute atomic E-state index is 0.133. The highest BCUT2D eigenvalue weighted by molar-refractivity contribution is 5.87. The molecule has 120 valence electrons. The topological polar surface area (TPSA) is 48.0 Å². The fraction of sp³-hybridized carbons (Fsp3) is 0.471. The standard InChI is InChI=1S/C17H23NO4/c1-14(13-18-9-11-21-12-10-18)22-17(19)8-5-15-3-6-16(20-2)7-4-15/h3-8,14H,9-13H2,1-2H3/b8-5+. The minimum atomic E-state index is -0.323. The van der Waals surface area contributed by atoms with E-state index in [4.69, 9.17) is 14.2 Å². The molecule has 0 aromatic heterocycles. The normalized spacial score (nSPS) is 17.4. The first-order valence-electron chi connectivity index (χ1n) is 7.50. The van der Waals surface area contributed by atoms with Crippen LogP contribution in [0.3, 0.4) is 0 Å². The minimum Gasteiger partial charge on any atom is -0.497 e. The summed E-state index contributed by atoms with van der Waals surface area (Å²) in [5.41, 5.74) is 0.929. The zero-order chi connectivity index (χ0) is 15.8. The van der Waals surface area contributed by atoms with Crippen molar-refractivity contribution in [3.05, 3.63) is 35.9 Å². The highest BCUT2D eigenvalue weighted by Gasteiger charge is 2.15. The number of methoxy groups -OCH3 is 1. The van der Waals surface area contributed by atoms with Gasteiger partial charge in [-0.2, -0.15) is 0 Å². The summed E-state index contributed by atoms with van der Waals surface area (Å²) in [5.74, 6) is 0.468. The predicted octanol–water partition coefficient (Wildman–Crippen LogP) is 1.97. The van der Waals surface area contributed by atoms with E-state index in [1.165, 1.54) is 6.08 Å². The van der Waals surface area contributed by atoms with Gasteiger partial charge in [0, 0.05) is 25.7 Å². The number of morpholine rings is 1. The molecule has 1 unspecified atom stereocenters. The van der Waals surface area contributed by atoms with E-state index in [0.29, 0.717) is 0 Å². The number of hydrogen-bond donors (Lipinski definition) is 0. The summed E-state index contributed by atoms with van der Waals surface area (Å²) in [4.78, 5) is 14.1. The number of nitrogens with zero attached hydrogens (tertiary/aromatic N) is 1. The Labute approximate surface area is 131 Å². The molecule has 1 aromatic rings. The number of hydrogen-bond acceptors (Lipinski definition) is 5. The maximum atomic E-state index is 11.8. The molecule has 1 aromatic carbocycles. The SMILES string of the molecule is COc1ccc(/C=C/C(=O)OC(C)CN2CCOCC2)cc1. The van der Waals surface area contributed by atoms with E-state index in [-0.39, 0.29) is 12.1 Å². The van der Waals surface area contributed by atoms with Crippen LogP contribution >= 0.6 is 0 Å². The van der Waals surface area contributed by atoms with Crippen LogP contribution < -0.4 is 4.74 Å². The van der Waals surface area contributed by atoms with Gasteiger partial charge in [-0.3, -0.25) is 4.90 Å². The van der Waals surface area contributed by atoms with Gasteiger partial charge in [0.2, 0.25) is 0 Å². The van der Waals surface area contributed by atoms with Gasteiger partial charge in [-0.1, -0.05) is 12.1 Å². The highest BCUT2D eigenvalue weighted by Crippen LogP contribution is 2.12. The van der Waals surface area contributed by atoms with E-state index >= 15 is 0 Å². The predicted molar refractivity (Wildman–Crippen MR) is 84.8 cm³/mol. The molecule has 5 heteroatoms. The molecule has 1 atom stereocenters. The van der Waals surface area contributed by atoms with Crippen molar-refractivity contribution in [1.82, 2.24) is 4.90 Å². The molecular weight excluding hydrogens is 282 g/mol. The van der Waals surface area contributed by atoms with Crippen LogP contribution in [0.1, 0.15) is 12.5 Å². The van der Waals surface area contributed by atoms with Crippen LogP contribution in [0, 0.1) is 0 Å². The van der Waals surface area contributed by atoms with E-state index in [9.17, 15) is 4.79 Å². The zero-order valence-electron chi connectivity index (χ0n) is 13.2. The number of esters is 1. The molecule has 5 nitrogen and oxygen atoms in total. The van der Waals surface area contributed by atoms with Crippen LogP contribution in [-0.2, 0) is 14.3 Å². The molecule has 0 aliphatic carbocycles. The fourth-order valence-electron chi connectivity index (χ4n) is 2.30. The summed E-state index contributed by atoms with van der Waals surface area (Å²) < 4.78 is 15.8. The van der Waals surface area contributed by atoms with E-state index in [1.807, 2.05) is 31.2 Å². The molecule has 22 heavy (non-hydrogen) atoms. The second-order valence-electron chi connectivity index (χ2n) is 5.27. The van der Waals surface area contributed by atoms with Crippen molar-refractivity contribution in [2.24, 2.45) is 0 Å². The Balaban J connectivity index is 1.76. The lowest BCUT2D eigenvalue weighted by atomic mass is 10.2. The Bertz CT molecular complexity index is 492. The number of carbonyl (C=O) groups excluding carboxylic acids is 1. The van der Waals surface area contributed by atoms with Gasteiger partial charge < -0.3 is 14.2 Å². The number of ether oxygens (including phenoxy) is 3. The fourth-order valence-corrected chi connectivity index (χ4v) is 2.30. The molecule has 1 fully saturated rings. The summed E-state index contributed by atoms with van der Waals surface area (Å²) >= 11 is 0. The number of benzene rings is 1. The van der Waals surface area contributed by atoms with Gasteiger partial charge in [-0.05, 0) is 30.7 Å². The molecule has 1 saturated heterocycles. The molecule has 0 amide bonds. The Morgan fingerprint density at radius 3 is 2.64 bits per heavy atom. The highest BCUT2D eigenvalue weighted by atomic mass is 16.5. The molecule has 1 aliphatic heterocycles. The van der Waals surface area contributed by atoms with Crippen molar-refractivity contribution in [2.75, 3.05) is 40.0 Å². The Morgan fingerprint density at radius 1 is 1.32 bits per heavy atom. The van der Waals surface area contributed by atoms with Crippen molar-refractivity contribution in [1.29, 1.82) is 0 Å². The van der Waals surface area contributed by atoms with E-state index in [2.05, 4.69) is 4.90 Å². The van der Waals surface area contributed by atoms with Gasteiger partial charge in [-0.25, -0.2) is 4.79 Å². The number of rotatable bonds is 6. The lowest BCUT2D eigenvalue weighted by Crippen LogP contribution is -2.41. The molecule has 2 rings (SSSR count). The average molecular weight is 305 g/mol. The van der Waals surface area contributed by atoms with Gasteiger partial charge in [0.15, 0.2) is 0 Å². The third kappa shape index (κ3) is 5.50. The van der Waals surface area contributed by atoms with Crippen molar-refractivity contribution in [3.8, 4) is 5.75 Å². The molecule has 0 bridgehead atoms. The van der Waals surface area contributed by atoms with E-state index in [1.54, 1.807) is 13.2 Å². The molecule has 1 heterocycles. The third-order valence-electron chi connectivity index (χ3n) is 3.46. The van der Waals surface area contributed by atoms with Crippen molar-refractivity contribution < 1.29 is 19.0 Å². The third-order valence-corrected chi connectivity index (χ3v) is 3.46. The molecule has 0 spiro atoms. The van der Waals surface area contributed by atoms with Gasteiger partial charge in [0.25, 0.3) is 0 Å².